The molecule has 118 valence electrons. The van der Waals surface area contributed by atoms with E-state index in [-0.39, 0.29) is 4.65 Å². The second kappa shape index (κ2) is 6.80. The molecular weight excluding hydrogens is 298 g/mol. The summed E-state index contributed by atoms with van der Waals surface area (Å²) in [6, 6.07) is 17.7. The highest BCUT2D eigenvalue weighted by Crippen LogP contribution is 2.33. The van der Waals surface area contributed by atoms with Crippen molar-refractivity contribution in [1.82, 2.24) is 0 Å². The molecule has 2 rings (SSSR count). The van der Waals surface area contributed by atoms with E-state index in [2.05, 4.69) is 0 Å². The average Bonchev–Trinajstić information content (AvgIpc) is 2.47. The van der Waals surface area contributed by atoms with Crippen LogP contribution < -0.4 is 0 Å². The fourth-order valence-electron chi connectivity index (χ4n) is 2.33. The highest BCUT2D eigenvalue weighted by atomic mass is 35.5. The van der Waals surface area contributed by atoms with E-state index in [4.69, 9.17) is 16.3 Å². The number of likely N-dealkylation sites (N-methyl/N-ethyl adjacent to an activating group) is 1. The number of hydrogen-bond donors (Lipinski definition) is 0. The molecule has 0 N–H and O–H groups in total. The van der Waals surface area contributed by atoms with Crippen LogP contribution in [-0.2, 0) is 10.3 Å². The standard InChI is InChI=1S/C18H22ClNO2/c1-18(15-7-5-4-6-8-15,22-14-13-20(2,3)21)16-9-11-17(19)12-10-16/h4-12H,13-14H2,1-3H3. The van der Waals surface area contributed by atoms with Crippen LogP contribution in [0.15, 0.2) is 54.6 Å². The molecule has 22 heavy (non-hydrogen) atoms. The van der Waals surface area contributed by atoms with E-state index in [0.717, 1.165) is 11.1 Å². The van der Waals surface area contributed by atoms with E-state index in [1.54, 1.807) is 14.1 Å². The van der Waals surface area contributed by atoms with Crippen LogP contribution in [0.2, 0.25) is 5.02 Å². The van der Waals surface area contributed by atoms with Crippen LogP contribution in [0.25, 0.3) is 0 Å². The number of rotatable bonds is 6. The maximum Gasteiger partial charge on any atom is 0.116 e. The molecule has 0 aliphatic rings. The van der Waals surface area contributed by atoms with E-state index in [9.17, 15) is 5.21 Å². The van der Waals surface area contributed by atoms with Gasteiger partial charge in [-0.15, -0.1) is 0 Å². The number of hydroxylamine groups is 3. The van der Waals surface area contributed by atoms with Crippen LogP contribution in [0, 0.1) is 5.21 Å². The Bertz CT molecular complexity index is 593. The predicted molar refractivity (Wildman–Crippen MR) is 90.6 cm³/mol. The predicted octanol–water partition coefficient (Wildman–Crippen LogP) is 4.19. The quantitative estimate of drug-likeness (QED) is 0.590. The Morgan fingerprint density at radius 3 is 2.09 bits per heavy atom. The van der Waals surface area contributed by atoms with E-state index in [1.165, 1.54) is 0 Å². The molecule has 0 aliphatic carbocycles. The number of hydrogen-bond acceptors (Lipinski definition) is 2. The van der Waals surface area contributed by atoms with Crippen molar-refractivity contribution >= 4 is 11.6 Å². The maximum atomic E-state index is 11.7. The Morgan fingerprint density at radius 1 is 1.00 bits per heavy atom. The molecule has 0 heterocycles. The van der Waals surface area contributed by atoms with Crippen LogP contribution in [0.5, 0.6) is 0 Å². The first-order valence-corrected chi connectivity index (χ1v) is 7.69. The van der Waals surface area contributed by atoms with Crippen molar-refractivity contribution in [3.05, 3.63) is 76.0 Å². The lowest BCUT2D eigenvalue weighted by molar-refractivity contribution is -0.840. The third-order valence-corrected chi connectivity index (χ3v) is 3.99. The van der Waals surface area contributed by atoms with Crippen LogP contribution in [0.3, 0.4) is 0 Å². The summed E-state index contributed by atoms with van der Waals surface area (Å²) in [6.45, 7) is 2.80. The molecule has 2 aromatic carbocycles. The Morgan fingerprint density at radius 2 is 1.55 bits per heavy atom. The lowest BCUT2D eigenvalue weighted by atomic mass is 9.88. The Hall–Kier alpha value is -1.39. The monoisotopic (exact) mass is 319 g/mol. The van der Waals surface area contributed by atoms with Gasteiger partial charge in [-0.1, -0.05) is 54.1 Å². The van der Waals surface area contributed by atoms with Gasteiger partial charge in [0.25, 0.3) is 0 Å². The second-order valence-electron chi connectivity index (χ2n) is 6.05. The van der Waals surface area contributed by atoms with Crippen molar-refractivity contribution in [2.75, 3.05) is 27.2 Å². The topological polar surface area (TPSA) is 32.3 Å². The van der Waals surface area contributed by atoms with Gasteiger partial charge in [-0.25, -0.2) is 0 Å². The summed E-state index contributed by atoms with van der Waals surface area (Å²) in [4.78, 5) is 0. The van der Waals surface area contributed by atoms with Crippen LogP contribution >= 0.6 is 11.6 Å². The molecule has 3 nitrogen and oxygen atoms in total. The second-order valence-corrected chi connectivity index (χ2v) is 6.49. The number of benzene rings is 2. The van der Waals surface area contributed by atoms with Crippen molar-refractivity contribution in [2.24, 2.45) is 0 Å². The molecule has 0 radical (unpaired) electrons. The molecule has 0 fully saturated rings. The summed E-state index contributed by atoms with van der Waals surface area (Å²) in [6.07, 6.45) is 0. The lowest BCUT2D eigenvalue weighted by Gasteiger charge is -2.36. The molecule has 1 atom stereocenters. The van der Waals surface area contributed by atoms with Gasteiger partial charge in [-0.05, 0) is 30.2 Å². The summed E-state index contributed by atoms with van der Waals surface area (Å²) in [5.74, 6) is 0. The molecule has 0 aliphatic heterocycles. The van der Waals surface area contributed by atoms with Gasteiger partial charge in [0.15, 0.2) is 0 Å². The number of halogens is 1. The normalized spacial score (nSPS) is 14.6. The first kappa shape index (κ1) is 17.0. The van der Waals surface area contributed by atoms with Gasteiger partial charge in [-0.2, -0.15) is 0 Å². The summed E-state index contributed by atoms with van der Waals surface area (Å²) in [5.41, 5.74) is 1.45. The third-order valence-electron chi connectivity index (χ3n) is 3.74. The molecule has 0 saturated carbocycles. The molecule has 2 aromatic rings. The molecule has 4 heteroatoms. The molecule has 0 spiro atoms. The lowest BCUT2D eigenvalue weighted by Crippen LogP contribution is -2.38. The molecule has 0 amide bonds. The smallest absolute Gasteiger partial charge is 0.116 e. The fraction of sp³-hybridized carbons (Fsp3) is 0.333. The molecule has 1 unspecified atom stereocenters. The number of quaternary nitrogens is 1. The molecule has 0 aromatic heterocycles. The van der Waals surface area contributed by atoms with E-state index in [1.807, 2.05) is 61.5 Å². The zero-order valence-electron chi connectivity index (χ0n) is 13.3. The van der Waals surface area contributed by atoms with Crippen molar-refractivity contribution in [1.29, 1.82) is 0 Å². The fourth-order valence-corrected chi connectivity index (χ4v) is 2.45. The van der Waals surface area contributed by atoms with Crippen molar-refractivity contribution in [3.8, 4) is 0 Å². The van der Waals surface area contributed by atoms with Gasteiger partial charge in [-0.3, -0.25) is 0 Å². The zero-order chi connectivity index (χ0) is 16.2. The highest BCUT2D eigenvalue weighted by Gasteiger charge is 2.30. The Kier molecular flexibility index (Phi) is 5.24. The molecular formula is C18H22ClNO2. The largest absolute Gasteiger partial charge is 0.633 e. The highest BCUT2D eigenvalue weighted by molar-refractivity contribution is 6.30. The first-order valence-electron chi connectivity index (χ1n) is 7.31. The first-order chi connectivity index (χ1) is 10.3. The van der Waals surface area contributed by atoms with Gasteiger partial charge < -0.3 is 14.6 Å². The molecule has 0 saturated heterocycles. The van der Waals surface area contributed by atoms with Crippen LogP contribution in [-0.4, -0.2) is 31.9 Å². The van der Waals surface area contributed by atoms with Crippen molar-refractivity contribution in [2.45, 2.75) is 12.5 Å². The Labute approximate surface area is 137 Å². The van der Waals surface area contributed by atoms with Crippen LogP contribution in [0.4, 0.5) is 0 Å². The van der Waals surface area contributed by atoms with E-state index >= 15 is 0 Å². The van der Waals surface area contributed by atoms with Crippen LogP contribution in [0.1, 0.15) is 18.1 Å². The summed E-state index contributed by atoms with van der Waals surface area (Å²) in [5, 5.41) is 12.4. The van der Waals surface area contributed by atoms with E-state index in [0.29, 0.717) is 18.2 Å². The maximum absolute atomic E-state index is 11.7. The van der Waals surface area contributed by atoms with Crippen molar-refractivity contribution < 1.29 is 9.38 Å². The SMILES string of the molecule is CC(OCC[N+](C)(C)[O-])(c1ccccc1)c1ccc(Cl)cc1. The minimum atomic E-state index is -0.610. The number of ether oxygens (including phenoxy) is 1. The van der Waals surface area contributed by atoms with Gasteiger partial charge in [0.05, 0.1) is 20.7 Å². The zero-order valence-corrected chi connectivity index (χ0v) is 14.0. The third kappa shape index (κ3) is 4.31. The number of nitrogens with zero attached hydrogens (tertiary/aromatic N) is 1. The summed E-state index contributed by atoms with van der Waals surface area (Å²) < 4.78 is 5.79. The minimum absolute atomic E-state index is 0.370. The minimum Gasteiger partial charge on any atom is -0.633 e. The van der Waals surface area contributed by atoms with Gasteiger partial charge in [0.1, 0.15) is 12.1 Å². The average molecular weight is 320 g/mol. The summed E-state index contributed by atoms with van der Waals surface area (Å²) in [7, 11) is 3.23. The van der Waals surface area contributed by atoms with Gasteiger partial charge in [0.2, 0.25) is 0 Å². The Balaban J connectivity index is 2.30. The molecule has 0 bridgehead atoms. The van der Waals surface area contributed by atoms with Gasteiger partial charge in [0, 0.05) is 5.02 Å². The summed E-state index contributed by atoms with van der Waals surface area (Å²) >= 11 is 5.99. The van der Waals surface area contributed by atoms with E-state index < -0.39 is 5.60 Å². The van der Waals surface area contributed by atoms with Gasteiger partial charge >= 0.3 is 0 Å². The van der Waals surface area contributed by atoms with Crippen molar-refractivity contribution in [3.63, 3.8) is 0 Å².